The first-order valence-electron chi connectivity index (χ1n) is 10.9. The lowest BCUT2D eigenvalue weighted by Gasteiger charge is -2.13. The maximum Gasteiger partial charge on any atom is 0.163 e. The molecule has 5 rings (SSSR count). The van der Waals surface area contributed by atoms with Crippen LogP contribution < -0.4 is 10.1 Å². The summed E-state index contributed by atoms with van der Waals surface area (Å²) in [6.07, 6.45) is 8.93. The molecule has 0 bridgehead atoms. The average Bonchev–Trinajstić information content (AvgIpc) is 3.06. The molecule has 1 aliphatic rings. The summed E-state index contributed by atoms with van der Waals surface area (Å²) in [5.41, 5.74) is 4.95. The number of hydrogen-bond acceptors (Lipinski definition) is 6. The summed E-state index contributed by atoms with van der Waals surface area (Å²) in [6.45, 7) is 2.22. The molecule has 1 atom stereocenters. The number of fused-ring (bicyclic) bond motifs is 2. The Balaban J connectivity index is 1.58. The number of nitrogens with zero attached hydrogens (tertiary/aromatic N) is 4. The smallest absolute Gasteiger partial charge is 0.163 e. The molecule has 2 aromatic heterocycles. The SMILES string of the molecule is CCC1C=Nc2cc(Nc3nc(-c4cccnc4)nc4ccc(OC)cc34)ccc2CC1. The third-order valence-electron chi connectivity index (χ3n) is 5.90. The van der Waals surface area contributed by atoms with Crippen molar-refractivity contribution < 1.29 is 4.74 Å². The van der Waals surface area contributed by atoms with Gasteiger partial charge in [0, 0.05) is 35.2 Å². The number of pyridine rings is 1. The van der Waals surface area contributed by atoms with E-state index in [0.717, 1.165) is 58.7 Å². The molecule has 1 aliphatic heterocycles. The van der Waals surface area contributed by atoms with Crippen molar-refractivity contribution in [3.8, 4) is 17.1 Å². The monoisotopic (exact) mass is 423 g/mol. The van der Waals surface area contributed by atoms with Gasteiger partial charge in [-0.3, -0.25) is 9.98 Å². The van der Waals surface area contributed by atoms with Crippen molar-refractivity contribution in [3.05, 3.63) is 66.5 Å². The molecule has 4 aromatic rings. The molecule has 6 nitrogen and oxygen atoms in total. The van der Waals surface area contributed by atoms with Crippen LogP contribution in [0.3, 0.4) is 0 Å². The molecule has 32 heavy (non-hydrogen) atoms. The first kappa shape index (κ1) is 20.1. The highest BCUT2D eigenvalue weighted by Crippen LogP contribution is 2.33. The predicted molar refractivity (Wildman–Crippen MR) is 129 cm³/mol. The minimum absolute atomic E-state index is 0.541. The molecule has 160 valence electrons. The maximum atomic E-state index is 5.44. The van der Waals surface area contributed by atoms with Gasteiger partial charge in [0.15, 0.2) is 5.82 Å². The Bertz CT molecular complexity index is 1290. The van der Waals surface area contributed by atoms with Crippen LogP contribution in [0, 0.1) is 5.92 Å². The van der Waals surface area contributed by atoms with Gasteiger partial charge in [0.25, 0.3) is 0 Å². The zero-order chi connectivity index (χ0) is 21.9. The van der Waals surface area contributed by atoms with Crippen LogP contribution in [0.2, 0.25) is 0 Å². The van der Waals surface area contributed by atoms with Crippen molar-refractivity contribution in [1.82, 2.24) is 15.0 Å². The second-order valence-electron chi connectivity index (χ2n) is 7.97. The lowest BCUT2D eigenvalue weighted by molar-refractivity contribution is 0.415. The van der Waals surface area contributed by atoms with Crippen LogP contribution in [0.1, 0.15) is 25.3 Å². The number of ether oxygens (including phenoxy) is 1. The summed E-state index contributed by atoms with van der Waals surface area (Å²) < 4.78 is 5.44. The third-order valence-corrected chi connectivity index (χ3v) is 5.90. The normalized spacial score (nSPS) is 15.2. The topological polar surface area (TPSA) is 72.3 Å². The fraction of sp³-hybridized carbons (Fsp3) is 0.231. The average molecular weight is 424 g/mol. The van der Waals surface area contributed by atoms with Gasteiger partial charge >= 0.3 is 0 Å². The van der Waals surface area contributed by atoms with Gasteiger partial charge in [-0.25, -0.2) is 9.97 Å². The molecule has 3 heterocycles. The second-order valence-corrected chi connectivity index (χ2v) is 7.97. The van der Waals surface area contributed by atoms with E-state index in [1.54, 1.807) is 19.5 Å². The molecule has 0 saturated carbocycles. The summed E-state index contributed by atoms with van der Waals surface area (Å²) in [4.78, 5) is 18.6. The Morgan fingerprint density at radius 2 is 2.03 bits per heavy atom. The van der Waals surface area contributed by atoms with E-state index in [1.807, 2.05) is 30.3 Å². The third kappa shape index (κ3) is 4.04. The van der Waals surface area contributed by atoms with Crippen molar-refractivity contribution in [2.24, 2.45) is 10.9 Å². The van der Waals surface area contributed by atoms with Crippen molar-refractivity contribution >= 4 is 34.3 Å². The fourth-order valence-electron chi connectivity index (χ4n) is 3.97. The van der Waals surface area contributed by atoms with E-state index in [1.165, 1.54) is 5.56 Å². The van der Waals surface area contributed by atoms with Crippen molar-refractivity contribution in [2.45, 2.75) is 26.2 Å². The molecule has 0 spiro atoms. The van der Waals surface area contributed by atoms with E-state index in [2.05, 4.69) is 41.6 Å². The van der Waals surface area contributed by atoms with E-state index in [4.69, 9.17) is 19.7 Å². The lowest BCUT2D eigenvalue weighted by atomic mass is 9.99. The van der Waals surface area contributed by atoms with Crippen molar-refractivity contribution in [2.75, 3.05) is 12.4 Å². The molecule has 1 N–H and O–H groups in total. The Morgan fingerprint density at radius 1 is 1.09 bits per heavy atom. The molecule has 2 aromatic carbocycles. The summed E-state index contributed by atoms with van der Waals surface area (Å²) in [6, 6.07) is 16.0. The van der Waals surface area contributed by atoms with E-state index in [-0.39, 0.29) is 0 Å². The van der Waals surface area contributed by atoms with Crippen LogP contribution in [-0.4, -0.2) is 28.3 Å². The quantitative estimate of drug-likeness (QED) is 0.419. The first-order valence-corrected chi connectivity index (χ1v) is 10.9. The minimum Gasteiger partial charge on any atom is -0.497 e. The van der Waals surface area contributed by atoms with E-state index < -0.39 is 0 Å². The van der Waals surface area contributed by atoms with Crippen LogP contribution in [0.25, 0.3) is 22.3 Å². The molecular weight excluding hydrogens is 398 g/mol. The maximum absolute atomic E-state index is 5.44. The van der Waals surface area contributed by atoms with Crippen LogP contribution >= 0.6 is 0 Å². The summed E-state index contributed by atoms with van der Waals surface area (Å²) in [5.74, 6) is 2.64. The van der Waals surface area contributed by atoms with Crippen molar-refractivity contribution in [3.63, 3.8) is 0 Å². The number of methoxy groups -OCH3 is 1. The largest absolute Gasteiger partial charge is 0.497 e. The Labute approximate surface area is 187 Å². The van der Waals surface area contributed by atoms with Gasteiger partial charge in [-0.15, -0.1) is 0 Å². The predicted octanol–water partition coefficient (Wildman–Crippen LogP) is 6.12. The van der Waals surface area contributed by atoms with Crippen LogP contribution in [0.4, 0.5) is 17.2 Å². The zero-order valence-corrected chi connectivity index (χ0v) is 18.2. The Hall–Kier alpha value is -3.80. The number of rotatable bonds is 5. The van der Waals surface area contributed by atoms with Gasteiger partial charge < -0.3 is 10.1 Å². The van der Waals surface area contributed by atoms with E-state index in [9.17, 15) is 0 Å². The molecule has 1 unspecified atom stereocenters. The van der Waals surface area contributed by atoms with Gasteiger partial charge in [0.05, 0.1) is 18.3 Å². The van der Waals surface area contributed by atoms with E-state index >= 15 is 0 Å². The van der Waals surface area contributed by atoms with Gasteiger partial charge in [-0.1, -0.05) is 13.0 Å². The number of anilines is 2. The molecule has 0 radical (unpaired) electrons. The Morgan fingerprint density at radius 3 is 2.84 bits per heavy atom. The highest BCUT2D eigenvalue weighted by molar-refractivity contribution is 5.93. The number of aromatic nitrogens is 3. The number of benzene rings is 2. The van der Waals surface area contributed by atoms with Gasteiger partial charge in [-0.05, 0) is 73.2 Å². The number of hydrogen-bond donors (Lipinski definition) is 1. The molecule has 0 saturated heterocycles. The summed E-state index contributed by atoms with van der Waals surface area (Å²) >= 11 is 0. The highest BCUT2D eigenvalue weighted by atomic mass is 16.5. The summed E-state index contributed by atoms with van der Waals surface area (Å²) in [5, 5.41) is 4.39. The standard InChI is InChI=1S/C26H25N5O/c1-3-17-6-7-18-8-9-20(13-24(18)28-15-17)29-26-22-14-21(32-2)10-11-23(22)30-25(31-26)19-5-4-12-27-16-19/h4-5,8-17H,3,6-7H2,1-2H3,(H,29,30,31). The van der Waals surface area contributed by atoms with Crippen LogP contribution in [-0.2, 0) is 6.42 Å². The summed E-state index contributed by atoms with van der Waals surface area (Å²) in [7, 11) is 1.66. The van der Waals surface area contributed by atoms with Gasteiger partial charge in [-0.2, -0.15) is 0 Å². The molecule has 0 aliphatic carbocycles. The van der Waals surface area contributed by atoms with Crippen molar-refractivity contribution in [1.29, 1.82) is 0 Å². The molecule has 0 fully saturated rings. The minimum atomic E-state index is 0.541. The van der Waals surface area contributed by atoms with Crippen LogP contribution in [0.15, 0.2) is 65.9 Å². The first-order chi connectivity index (χ1) is 15.7. The van der Waals surface area contributed by atoms with E-state index in [0.29, 0.717) is 11.7 Å². The molecule has 0 amide bonds. The number of aryl methyl sites for hydroxylation is 1. The molecule has 6 heteroatoms. The number of aliphatic imine (C=N–C) groups is 1. The second kappa shape index (κ2) is 8.75. The fourth-order valence-corrected chi connectivity index (χ4v) is 3.97. The number of nitrogens with one attached hydrogen (secondary N) is 1. The lowest BCUT2D eigenvalue weighted by Crippen LogP contribution is -2.00. The van der Waals surface area contributed by atoms with Crippen LogP contribution in [0.5, 0.6) is 5.75 Å². The van der Waals surface area contributed by atoms with Gasteiger partial charge in [0.2, 0.25) is 0 Å². The Kier molecular flexibility index (Phi) is 5.50. The van der Waals surface area contributed by atoms with Gasteiger partial charge in [0.1, 0.15) is 11.6 Å². The zero-order valence-electron chi connectivity index (χ0n) is 18.2. The highest BCUT2D eigenvalue weighted by Gasteiger charge is 2.14. The molecular formula is C26H25N5O.